The fourth-order valence-corrected chi connectivity index (χ4v) is 1.88. The zero-order chi connectivity index (χ0) is 12.8. The first kappa shape index (κ1) is 13.1. The lowest BCUT2D eigenvalue weighted by molar-refractivity contribution is -0.123. The summed E-state index contributed by atoms with van der Waals surface area (Å²) in [6.45, 7) is 1.24. The van der Waals surface area contributed by atoms with E-state index in [1.165, 1.54) is 0 Å². The Balaban J connectivity index is 1.69. The first-order valence-corrected chi connectivity index (χ1v) is 6.25. The van der Waals surface area contributed by atoms with Crippen LogP contribution in [0, 0.1) is 0 Å². The van der Waals surface area contributed by atoms with Crippen LogP contribution in [0.2, 0.25) is 5.15 Å². The Labute approximate surface area is 110 Å². The highest BCUT2D eigenvalue weighted by molar-refractivity contribution is 6.30. The number of carbonyl (C=O) groups excluding carboxylic acids is 1. The second-order valence-electron chi connectivity index (χ2n) is 4.02. The Kier molecular flexibility index (Phi) is 4.78. The first-order valence-electron chi connectivity index (χ1n) is 5.87. The predicted molar refractivity (Wildman–Crippen MR) is 66.7 cm³/mol. The Morgan fingerprint density at radius 3 is 3.28 bits per heavy atom. The highest BCUT2D eigenvalue weighted by Gasteiger charge is 2.16. The maximum atomic E-state index is 11.5. The molecule has 0 saturated carbocycles. The van der Waals surface area contributed by atoms with Gasteiger partial charge in [0.2, 0.25) is 0 Å². The van der Waals surface area contributed by atoms with Gasteiger partial charge in [0.25, 0.3) is 5.91 Å². The molecule has 1 fully saturated rings. The third kappa shape index (κ3) is 3.85. The maximum absolute atomic E-state index is 11.5. The molecule has 0 bridgehead atoms. The number of nitrogens with one attached hydrogen (secondary N) is 1. The van der Waals surface area contributed by atoms with E-state index in [0.717, 1.165) is 19.4 Å². The van der Waals surface area contributed by atoms with Crippen molar-refractivity contribution in [2.45, 2.75) is 18.9 Å². The average molecular weight is 271 g/mol. The smallest absolute Gasteiger partial charge is 0.258 e. The van der Waals surface area contributed by atoms with Crippen LogP contribution in [0.25, 0.3) is 0 Å². The van der Waals surface area contributed by atoms with Gasteiger partial charge in [-0.05, 0) is 25.0 Å². The molecule has 0 unspecified atom stereocenters. The molecule has 1 aromatic rings. The van der Waals surface area contributed by atoms with Crippen LogP contribution >= 0.6 is 11.6 Å². The summed E-state index contributed by atoms with van der Waals surface area (Å²) in [6.07, 6.45) is 3.75. The highest BCUT2D eigenvalue weighted by Crippen LogP contribution is 2.19. The Bertz CT molecular complexity index is 408. The average Bonchev–Trinajstić information content (AvgIpc) is 2.88. The van der Waals surface area contributed by atoms with Crippen LogP contribution in [0.5, 0.6) is 5.75 Å². The largest absolute Gasteiger partial charge is 0.481 e. The zero-order valence-corrected chi connectivity index (χ0v) is 10.7. The number of carbonyl (C=O) groups is 1. The summed E-state index contributed by atoms with van der Waals surface area (Å²) < 4.78 is 10.7. The molecule has 1 aliphatic rings. The fraction of sp³-hybridized carbons (Fsp3) is 0.500. The topological polar surface area (TPSA) is 60.5 Å². The van der Waals surface area contributed by atoms with Crippen LogP contribution in [0.1, 0.15) is 12.8 Å². The molecule has 0 aromatic carbocycles. The van der Waals surface area contributed by atoms with Crippen molar-refractivity contribution in [1.29, 1.82) is 0 Å². The molecule has 1 atom stereocenters. The molecule has 1 aliphatic heterocycles. The molecule has 0 aliphatic carbocycles. The van der Waals surface area contributed by atoms with Gasteiger partial charge in [0.05, 0.1) is 6.10 Å². The van der Waals surface area contributed by atoms with E-state index in [4.69, 9.17) is 21.1 Å². The maximum Gasteiger partial charge on any atom is 0.258 e. The quantitative estimate of drug-likeness (QED) is 0.822. The van der Waals surface area contributed by atoms with E-state index in [1.807, 2.05) is 0 Å². The van der Waals surface area contributed by atoms with Gasteiger partial charge in [-0.15, -0.1) is 0 Å². The molecule has 1 aromatic heterocycles. The molecule has 1 saturated heterocycles. The minimum absolute atomic E-state index is 0.0713. The van der Waals surface area contributed by atoms with E-state index in [2.05, 4.69) is 10.3 Å². The van der Waals surface area contributed by atoms with E-state index in [9.17, 15) is 4.79 Å². The van der Waals surface area contributed by atoms with Crippen molar-refractivity contribution in [2.75, 3.05) is 19.8 Å². The van der Waals surface area contributed by atoms with Crippen LogP contribution in [0.3, 0.4) is 0 Å². The summed E-state index contributed by atoms with van der Waals surface area (Å²) in [5, 5.41) is 3.02. The molecule has 5 nitrogen and oxygen atoms in total. The van der Waals surface area contributed by atoms with Crippen molar-refractivity contribution in [2.24, 2.45) is 0 Å². The van der Waals surface area contributed by atoms with E-state index in [1.54, 1.807) is 18.3 Å². The van der Waals surface area contributed by atoms with Gasteiger partial charge in [0.15, 0.2) is 17.5 Å². The third-order valence-electron chi connectivity index (χ3n) is 2.63. The number of pyridine rings is 1. The van der Waals surface area contributed by atoms with Crippen molar-refractivity contribution in [3.8, 4) is 5.75 Å². The van der Waals surface area contributed by atoms with E-state index >= 15 is 0 Å². The Morgan fingerprint density at radius 2 is 2.56 bits per heavy atom. The molecule has 2 heterocycles. The number of rotatable bonds is 5. The second kappa shape index (κ2) is 6.56. The number of halogens is 1. The minimum Gasteiger partial charge on any atom is -0.481 e. The van der Waals surface area contributed by atoms with Crippen LogP contribution in [0.15, 0.2) is 18.3 Å². The van der Waals surface area contributed by atoms with Gasteiger partial charge in [-0.25, -0.2) is 4.98 Å². The van der Waals surface area contributed by atoms with E-state index in [0.29, 0.717) is 12.3 Å². The molecule has 0 radical (unpaired) electrons. The van der Waals surface area contributed by atoms with Gasteiger partial charge in [0, 0.05) is 19.3 Å². The SMILES string of the molecule is O=C(COc1cccnc1Cl)NC[C@H]1CCCO1. The highest BCUT2D eigenvalue weighted by atomic mass is 35.5. The van der Waals surface area contributed by atoms with Gasteiger partial charge in [-0.3, -0.25) is 4.79 Å². The molecule has 98 valence electrons. The summed E-state index contributed by atoms with van der Waals surface area (Å²) in [5.74, 6) is 0.219. The monoisotopic (exact) mass is 270 g/mol. The zero-order valence-electron chi connectivity index (χ0n) is 9.89. The van der Waals surface area contributed by atoms with Gasteiger partial charge in [0.1, 0.15) is 0 Å². The third-order valence-corrected chi connectivity index (χ3v) is 2.92. The predicted octanol–water partition coefficient (Wildman–Crippen LogP) is 1.41. The Hall–Kier alpha value is -1.33. The van der Waals surface area contributed by atoms with Gasteiger partial charge in [-0.1, -0.05) is 11.6 Å². The molecular weight excluding hydrogens is 256 g/mol. The minimum atomic E-state index is -0.189. The molecule has 1 N–H and O–H groups in total. The first-order chi connectivity index (χ1) is 8.75. The lowest BCUT2D eigenvalue weighted by Crippen LogP contribution is -2.35. The molecule has 0 spiro atoms. The summed E-state index contributed by atoms with van der Waals surface area (Å²) in [7, 11) is 0. The second-order valence-corrected chi connectivity index (χ2v) is 4.38. The van der Waals surface area contributed by atoms with Crippen LogP contribution in [-0.4, -0.2) is 36.8 Å². The molecule has 2 rings (SSSR count). The van der Waals surface area contributed by atoms with Crippen LogP contribution in [-0.2, 0) is 9.53 Å². The number of aromatic nitrogens is 1. The molecule has 18 heavy (non-hydrogen) atoms. The lowest BCUT2D eigenvalue weighted by atomic mass is 10.2. The molecular formula is C12H15ClN2O3. The van der Waals surface area contributed by atoms with E-state index in [-0.39, 0.29) is 23.8 Å². The van der Waals surface area contributed by atoms with Crippen LogP contribution in [0.4, 0.5) is 0 Å². The lowest BCUT2D eigenvalue weighted by Gasteiger charge is -2.11. The molecule has 6 heteroatoms. The summed E-state index contributed by atoms with van der Waals surface area (Å²) >= 11 is 5.80. The van der Waals surface area contributed by atoms with Gasteiger partial charge >= 0.3 is 0 Å². The van der Waals surface area contributed by atoms with Crippen molar-refractivity contribution in [3.63, 3.8) is 0 Å². The van der Waals surface area contributed by atoms with Crippen molar-refractivity contribution < 1.29 is 14.3 Å². The normalized spacial score (nSPS) is 18.6. The van der Waals surface area contributed by atoms with Crippen molar-refractivity contribution in [1.82, 2.24) is 10.3 Å². The summed E-state index contributed by atoms with van der Waals surface area (Å²) in [6, 6.07) is 3.37. The number of ether oxygens (including phenoxy) is 2. The van der Waals surface area contributed by atoms with Crippen LogP contribution < -0.4 is 10.1 Å². The fourth-order valence-electron chi connectivity index (χ4n) is 1.71. The summed E-state index contributed by atoms with van der Waals surface area (Å²) in [5.41, 5.74) is 0. The number of nitrogens with zero attached hydrogens (tertiary/aromatic N) is 1. The van der Waals surface area contributed by atoms with Crippen molar-refractivity contribution in [3.05, 3.63) is 23.5 Å². The number of hydrogen-bond acceptors (Lipinski definition) is 4. The van der Waals surface area contributed by atoms with Crippen molar-refractivity contribution >= 4 is 17.5 Å². The summed E-state index contributed by atoms with van der Waals surface area (Å²) in [4.78, 5) is 15.4. The van der Waals surface area contributed by atoms with Gasteiger partial charge in [-0.2, -0.15) is 0 Å². The molecule has 1 amide bonds. The number of hydrogen-bond donors (Lipinski definition) is 1. The van der Waals surface area contributed by atoms with Gasteiger partial charge < -0.3 is 14.8 Å². The van der Waals surface area contributed by atoms with E-state index < -0.39 is 0 Å². The standard InChI is InChI=1S/C12H15ClN2O3/c13-12-10(4-1-5-14-12)18-8-11(16)15-7-9-3-2-6-17-9/h1,4-5,9H,2-3,6-8H2,(H,15,16)/t9-/m1/s1. The Morgan fingerprint density at radius 1 is 1.67 bits per heavy atom. The number of amides is 1.